The topological polar surface area (TPSA) is 0 Å². The molecule has 0 amide bonds. The molecule has 1 aliphatic carbocycles. The van der Waals surface area contributed by atoms with Gasteiger partial charge in [-0.3, -0.25) is 0 Å². The Morgan fingerprint density at radius 3 is 1.35 bits per heavy atom. The summed E-state index contributed by atoms with van der Waals surface area (Å²) in [6.45, 7) is 0. The molecule has 3 aromatic rings. The van der Waals surface area contributed by atoms with Crippen LogP contribution in [0.25, 0.3) is 0 Å². The van der Waals surface area contributed by atoms with E-state index in [1.807, 2.05) is 0 Å². The van der Waals surface area contributed by atoms with Crippen molar-refractivity contribution >= 4 is 34.8 Å². The van der Waals surface area contributed by atoms with Crippen LogP contribution in [0.5, 0.6) is 0 Å². The van der Waals surface area contributed by atoms with Crippen molar-refractivity contribution < 1.29 is 4.39 Å². The summed E-state index contributed by atoms with van der Waals surface area (Å²) >= 11 is 6.37. The molecule has 0 nitrogen and oxygen atoms in total. The van der Waals surface area contributed by atoms with Crippen molar-refractivity contribution in [1.82, 2.24) is 0 Å². The van der Waals surface area contributed by atoms with Crippen molar-refractivity contribution in [3.63, 3.8) is 0 Å². The van der Waals surface area contributed by atoms with Crippen LogP contribution in [-0.2, 0) is 0 Å². The van der Waals surface area contributed by atoms with E-state index in [0.29, 0.717) is 6.42 Å². The van der Waals surface area contributed by atoms with E-state index >= 15 is 0 Å². The summed E-state index contributed by atoms with van der Waals surface area (Å²) in [5, 5.41) is 3.61. The van der Waals surface area contributed by atoms with Crippen LogP contribution in [0.4, 0.5) is 4.39 Å². The van der Waals surface area contributed by atoms with E-state index in [1.165, 1.54) is 15.9 Å². The number of halogens is 2. The third-order valence-corrected chi connectivity index (χ3v) is 11.6. The van der Waals surface area contributed by atoms with Gasteiger partial charge in [-0.05, 0) is 0 Å². The van der Waals surface area contributed by atoms with Crippen molar-refractivity contribution in [3.05, 3.63) is 91.0 Å². The maximum absolute atomic E-state index is 14.5. The molecule has 26 heavy (non-hydrogen) atoms. The van der Waals surface area contributed by atoms with Crippen molar-refractivity contribution in [2.45, 2.75) is 30.0 Å². The Kier molecular flexibility index (Phi) is 5.11. The summed E-state index contributed by atoms with van der Waals surface area (Å²) in [4.78, 5) is 0. The van der Waals surface area contributed by atoms with Crippen molar-refractivity contribution in [3.8, 4) is 0 Å². The van der Waals surface area contributed by atoms with Crippen molar-refractivity contribution in [2.75, 3.05) is 0 Å². The summed E-state index contributed by atoms with van der Waals surface area (Å²) in [5.41, 5.74) is 0.243. The SMILES string of the molecule is FC1CC([PH](c2ccccc2)(c2ccccc2)c2ccccc2)CC1Cl. The van der Waals surface area contributed by atoms with Gasteiger partial charge < -0.3 is 0 Å². The van der Waals surface area contributed by atoms with E-state index < -0.39 is 13.4 Å². The van der Waals surface area contributed by atoms with Gasteiger partial charge in [-0.2, -0.15) is 0 Å². The van der Waals surface area contributed by atoms with Gasteiger partial charge in [-0.15, -0.1) is 0 Å². The molecule has 0 bridgehead atoms. The normalized spacial score (nSPS) is 23.7. The van der Waals surface area contributed by atoms with Crippen LogP contribution in [0.1, 0.15) is 12.8 Å². The van der Waals surface area contributed by atoms with Crippen LogP contribution < -0.4 is 15.9 Å². The first kappa shape index (κ1) is 17.7. The Labute approximate surface area is 160 Å². The fourth-order valence-corrected chi connectivity index (χ4v) is 10.8. The molecule has 0 N–H and O–H groups in total. The molecule has 0 aromatic heterocycles. The van der Waals surface area contributed by atoms with Gasteiger partial charge >= 0.3 is 160 Å². The molecule has 1 saturated carbocycles. The Balaban J connectivity index is 2.01. The molecule has 0 aliphatic heterocycles. The van der Waals surface area contributed by atoms with Gasteiger partial charge in [-0.1, -0.05) is 0 Å². The molecule has 3 aromatic carbocycles. The Morgan fingerprint density at radius 2 is 1.04 bits per heavy atom. The molecule has 3 unspecified atom stereocenters. The summed E-state index contributed by atoms with van der Waals surface area (Å²) < 4.78 is 14.5. The molecular formula is C23H23ClFP. The van der Waals surface area contributed by atoms with E-state index in [1.54, 1.807) is 0 Å². The maximum atomic E-state index is 14.5. The van der Waals surface area contributed by atoms with Gasteiger partial charge in [0.1, 0.15) is 0 Å². The molecule has 3 atom stereocenters. The second-order valence-electron chi connectivity index (χ2n) is 7.11. The summed E-state index contributed by atoms with van der Waals surface area (Å²) in [6, 6.07) is 32.1. The second-order valence-corrected chi connectivity index (χ2v) is 11.8. The van der Waals surface area contributed by atoms with Crippen LogP contribution in [0.2, 0.25) is 0 Å². The number of rotatable bonds is 4. The molecule has 0 saturated heterocycles. The predicted octanol–water partition coefficient (Wildman–Crippen LogP) is 4.82. The second kappa shape index (κ2) is 7.51. The molecule has 1 fully saturated rings. The Hall–Kier alpha value is -1.69. The number of hydrogen-bond donors (Lipinski definition) is 0. The average Bonchev–Trinajstić information content (AvgIpc) is 3.04. The van der Waals surface area contributed by atoms with Crippen LogP contribution in [-0.4, -0.2) is 17.2 Å². The van der Waals surface area contributed by atoms with E-state index in [9.17, 15) is 4.39 Å². The first-order valence-electron chi connectivity index (χ1n) is 9.17. The van der Waals surface area contributed by atoms with Gasteiger partial charge in [0.25, 0.3) is 0 Å². The number of benzene rings is 3. The molecule has 0 heterocycles. The minimum absolute atomic E-state index is 0.243. The van der Waals surface area contributed by atoms with Gasteiger partial charge in [0.2, 0.25) is 0 Å². The molecule has 4 rings (SSSR count). The molecule has 1 aliphatic rings. The van der Waals surface area contributed by atoms with Crippen LogP contribution in [0, 0.1) is 0 Å². The predicted molar refractivity (Wildman–Crippen MR) is 114 cm³/mol. The van der Waals surface area contributed by atoms with Crippen LogP contribution >= 0.6 is 18.9 Å². The first-order chi connectivity index (χ1) is 12.7. The third-order valence-electron chi connectivity index (χ3n) is 5.71. The van der Waals surface area contributed by atoms with Crippen LogP contribution in [0.15, 0.2) is 91.0 Å². The van der Waals surface area contributed by atoms with Gasteiger partial charge in [0.05, 0.1) is 0 Å². The minimum atomic E-state index is -2.40. The fraction of sp³-hybridized carbons (Fsp3) is 0.217. The summed E-state index contributed by atoms with van der Waals surface area (Å²) in [7, 11) is -2.40. The van der Waals surface area contributed by atoms with Crippen molar-refractivity contribution in [1.29, 1.82) is 0 Å². The molecule has 134 valence electrons. The quantitative estimate of drug-likeness (QED) is 0.447. The molecule has 0 spiro atoms. The number of hydrogen-bond acceptors (Lipinski definition) is 0. The van der Waals surface area contributed by atoms with E-state index in [2.05, 4.69) is 91.0 Å². The molecule has 0 radical (unpaired) electrons. The zero-order valence-electron chi connectivity index (χ0n) is 14.6. The van der Waals surface area contributed by atoms with E-state index in [0.717, 1.165) is 6.42 Å². The summed E-state index contributed by atoms with van der Waals surface area (Å²) in [6.07, 6.45) is 0.344. The fourth-order valence-electron chi connectivity index (χ4n) is 4.60. The Bertz CT molecular complexity index is 731. The third kappa shape index (κ3) is 2.98. The summed E-state index contributed by atoms with van der Waals surface area (Å²) in [5.74, 6) is 0. The monoisotopic (exact) mass is 384 g/mol. The first-order valence-corrected chi connectivity index (χ1v) is 11.7. The zero-order chi connectivity index (χ0) is 18.0. The van der Waals surface area contributed by atoms with E-state index in [-0.39, 0.29) is 11.0 Å². The van der Waals surface area contributed by atoms with E-state index in [4.69, 9.17) is 11.6 Å². The molecular weight excluding hydrogens is 362 g/mol. The number of alkyl halides is 2. The van der Waals surface area contributed by atoms with Gasteiger partial charge in [-0.25, -0.2) is 0 Å². The van der Waals surface area contributed by atoms with Crippen LogP contribution in [0.3, 0.4) is 0 Å². The Morgan fingerprint density at radius 1 is 0.654 bits per heavy atom. The molecule has 3 heteroatoms. The zero-order valence-corrected chi connectivity index (χ0v) is 16.3. The standard InChI is InChI=1S/C23H23ClFP/c24-22-16-21(17-23(22)25)26(18-10-4-1-5-11-18,19-12-6-2-7-13-19)20-14-8-3-9-15-20/h1-15,21-23,26H,16-17H2. The average molecular weight is 385 g/mol. The van der Waals surface area contributed by atoms with Gasteiger partial charge in [0.15, 0.2) is 0 Å². The van der Waals surface area contributed by atoms with Gasteiger partial charge in [0, 0.05) is 0 Å². The van der Waals surface area contributed by atoms with Crippen molar-refractivity contribution in [2.24, 2.45) is 0 Å².